The average molecular weight is 165 g/mol. The number of carboxylic acids is 1. The maximum Gasteiger partial charge on any atom is 1.00 e. The Kier molecular flexibility index (Phi) is 5.34. The number of rotatable bonds is 1. The van der Waals surface area contributed by atoms with Crippen molar-refractivity contribution in [2.75, 3.05) is 0 Å². The van der Waals surface area contributed by atoms with Crippen LogP contribution >= 0.6 is 0 Å². The first-order valence-corrected chi connectivity index (χ1v) is 3.66. The number of hydrogen-bond acceptors (Lipinski definition) is 3. The van der Waals surface area contributed by atoms with Gasteiger partial charge in [-0.05, 0) is 31.6 Å². The van der Waals surface area contributed by atoms with Crippen LogP contribution in [0.4, 0.5) is 0 Å². The molecule has 0 aromatic rings. The van der Waals surface area contributed by atoms with Gasteiger partial charge in [0.1, 0.15) is 0 Å². The molecular weight excluding hydrogens is 153 g/mol. The van der Waals surface area contributed by atoms with Gasteiger partial charge in [-0.3, -0.25) is 0 Å². The Balaban J connectivity index is 0.000001000. The number of carboxylic acid groups (broad SMARTS) is 1. The van der Waals surface area contributed by atoms with Crippen LogP contribution in [0.15, 0.2) is 0 Å². The van der Waals surface area contributed by atoms with Gasteiger partial charge >= 0.3 is 29.6 Å². The summed E-state index contributed by atoms with van der Waals surface area (Å²) in [7, 11) is 0. The van der Waals surface area contributed by atoms with Crippen molar-refractivity contribution in [1.29, 1.82) is 0 Å². The SMILES string of the molecule is NC1CCC(C(=O)[O-])CC1.[Na+]. The quantitative estimate of drug-likeness (QED) is 0.406. The zero-order valence-corrected chi connectivity index (χ0v) is 8.88. The summed E-state index contributed by atoms with van der Waals surface area (Å²) in [4.78, 5) is 10.3. The van der Waals surface area contributed by atoms with Crippen LogP contribution < -0.4 is 40.4 Å². The molecule has 0 spiro atoms. The minimum Gasteiger partial charge on any atom is -0.550 e. The third kappa shape index (κ3) is 3.56. The van der Waals surface area contributed by atoms with Gasteiger partial charge in [0.05, 0.1) is 0 Å². The first-order valence-electron chi connectivity index (χ1n) is 3.66. The summed E-state index contributed by atoms with van der Waals surface area (Å²) >= 11 is 0. The molecule has 2 N–H and O–H groups in total. The standard InChI is InChI=1S/C7H13NO2.Na/c8-6-3-1-5(2-4-6)7(9)10;/h5-6H,1-4,8H2,(H,9,10);/q;+1/p-1. The Bertz CT molecular complexity index is 132. The van der Waals surface area contributed by atoms with Gasteiger partial charge in [0.25, 0.3) is 0 Å². The number of aliphatic carboxylic acids is 1. The van der Waals surface area contributed by atoms with E-state index in [0.29, 0.717) is 12.8 Å². The van der Waals surface area contributed by atoms with Crippen LogP contribution in [0.2, 0.25) is 0 Å². The van der Waals surface area contributed by atoms with E-state index in [1.807, 2.05) is 0 Å². The second kappa shape index (κ2) is 5.14. The normalized spacial score (nSPS) is 30.6. The van der Waals surface area contributed by atoms with Crippen LogP contribution in [0.3, 0.4) is 0 Å². The molecule has 0 heterocycles. The second-order valence-corrected chi connectivity index (χ2v) is 2.93. The molecule has 0 bridgehead atoms. The van der Waals surface area contributed by atoms with E-state index in [2.05, 4.69) is 0 Å². The fourth-order valence-electron chi connectivity index (χ4n) is 1.35. The van der Waals surface area contributed by atoms with Gasteiger partial charge in [0.2, 0.25) is 0 Å². The number of carbonyl (C=O) groups is 1. The summed E-state index contributed by atoms with van der Waals surface area (Å²) in [6.07, 6.45) is 3.06. The zero-order chi connectivity index (χ0) is 7.56. The monoisotopic (exact) mass is 165 g/mol. The van der Waals surface area contributed by atoms with Gasteiger partial charge in [-0.2, -0.15) is 0 Å². The fourth-order valence-corrected chi connectivity index (χ4v) is 1.35. The molecule has 0 aliphatic heterocycles. The molecule has 1 aliphatic rings. The summed E-state index contributed by atoms with van der Waals surface area (Å²) in [6, 6.07) is 0.218. The fraction of sp³-hybridized carbons (Fsp3) is 0.857. The Labute approximate surface area is 88.6 Å². The van der Waals surface area contributed by atoms with Gasteiger partial charge < -0.3 is 15.6 Å². The predicted octanol–water partition coefficient (Wildman–Crippen LogP) is -3.74. The zero-order valence-electron chi connectivity index (χ0n) is 6.88. The van der Waals surface area contributed by atoms with Gasteiger partial charge in [-0.1, -0.05) is 0 Å². The number of carbonyl (C=O) groups excluding carboxylic acids is 1. The van der Waals surface area contributed by atoms with E-state index in [9.17, 15) is 9.90 Å². The van der Waals surface area contributed by atoms with Crippen molar-refractivity contribution in [2.24, 2.45) is 11.7 Å². The molecule has 0 unspecified atom stereocenters. The third-order valence-corrected chi connectivity index (χ3v) is 2.11. The van der Waals surface area contributed by atoms with E-state index in [-0.39, 0.29) is 41.5 Å². The van der Waals surface area contributed by atoms with Crippen LogP contribution in [0, 0.1) is 5.92 Å². The van der Waals surface area contributed by atoms with Gasteiger partial charge in [-0.15, -0.1) is 0 Å². The van der Waals surface area contributed by atoms with Crippen LogP contribution in [0.1, 0.15) is 25.7 Å². The third-order valence-electron chi connectivity index (χ3n) is 2.11. The Hall–Kier alpha value is 0.430. The van der Waals surface area contributed by atoms with Crippen molar-refractivity contribution >= 4 is 5.97 Å². The number of nitrogens with two attached hydrogens (primary N) is 1. The van der Waals surface area contributed by atoms with E-state index < -0.39 is 5.97 Å². The maximum absolute atomic E-state index is 10.3. The molecule has 0 aromatic carbocycles. The smallest absolute Gasteiger partial charge is 0.550 e. The predicted molar refractivity (Wildman–Crippen MR) is 34.9 cm³/mol. The summed E-state index contributed by atoms with van der Waals surface area (Å²) in [5, 5.41) is 10.3. The molecule has 1 fully saturated rings. The topological polar surface area (TPSA) is 66.2 Å². The molecule has 0 saturated heterocycles. The van der Waals surface area contributed by atoms with Crippen molar-refractivity contribution in [3.8, 4) is 0 Å². The second-order valence-electron chi connectivity index (χ2n) is 2.93. The maximum atomic E-state index is 10.3. The Morgan fingerprint density at radius 3 is 2.09 bits per heavy atom. The molecule has 1 aliphatic carbocycles. The van der Waals surface area contributed by atoms with E-state index in [4.69, 9.17) is 5.73 Å². The van der Waals surface area contributed by atoms with E-state index >= 15 is 0 Å². The van der Waals surface area contributed by atoms with Crippen molar-refractivity contribution < 1.29 is 39.5 Å². The first-order chi connectivity index (χ1) is 4.70. The molecule has 58 valence electrons. The van der Waals surface area contributed by atoms with E-state index in [1.165, 1.54) is 0 Å². The Morgan fingerprint density at radius 2 is 1.73 bits per heavy atom. The number of hydrogen-bond donors (Lipinski definition) is 1. The van der Waals surface area contributed by atoms with Crippen molar-refractivity contribution in [1.82, 2.24) is 0 Å². The van der Waals surface area contributed by atoms with Gasteiger partial charge in [-0.25, -0.2) is 0 Å². The van der Waals surface area contributed by atoms with Crippen molar-refractivity contribution in [3.63, 3.8) is 0 Å². The van der Waals surface area contributed by atoms with Crippen LogP contribution in [0.25, 0.3) is 0 Å². The minimum atomic E-state index is -0.910. The first kappa shape index (κ1) is 11.4. The van der Waals surface area contributed by atoms with Gasteiger partial charge in [0, 0.05) is 12.0 Å². The molecule has 0 aromatic heterocycles. The average Bonchev–Trinajstić information content (AvgIpc) is 1.88. The molecule has 11 heavy (non-hydrogen) atoms. The minimum absolute atomic E-state index is 0. The largest absolute Gasteiger partial charge is 1.00 e. The van der Waals surface area contributed by atoms with Crippen LogP contribution in [0.5, 0.6) is 0 Å². The van der Waals surface area contributed by atoms with E-state index in [0.717, 1.165) is 12.8 Å². The van der Waals surface area contributed by atoms with Crippen molar-refractivity contribution in [2.45, 2.75) is 31.7 Å². The summed E-state index contributed by atoms with van der Waals surface area (Å²) < 4.78 is 0. The molecule has 4 heteroatoms. The molecule has 1 saturated carbocycles. The van der Waals surface area contributed by atoms with Crippen LogP contribution in [-0.4, -0.2) is 12.0 Å². The molecule has 0 amide bonds. The van der Waals surface area contributed by atoms with Gasteiger partial charge in [0.15, 0.2) is 0 Å². The summed E-state index contributed by atoms with van der Waals surface area (Å²) in [5.74, 6) is -1.15. The van der Waals surface area contributed by atoms with Crippen molar-refractivity contribution in [3.05, 3.63) is 0 Å². The van der Waals surface area contributed by atoms with E-state index in [1.54, 1.807) is 0 Å². The summed E-state index contributed by atoms with van der Waals surface area (Å²) in [5.41, 5.74) is 5.58. The molecule has 0 radical (unpaired) electrons. The molecule has 0 atom stereocenters. The molecule has 3 nitrogen and oxygen atoms in total. The van der Waals surface area contributed by atoms with Crippen LogP contribution in [-0.2, 0) is 4.79 Å². The Morgan fingerprint density at radius 1 is 1.27 bits per heavy atom. The molecular formula is C7H12NNaO2. The molecule has 1 rings (SSSR count). The summed E-state index contributed by atoms with van der Waals surface area (Å²) in [6.45, 7) is 0.